The van der Waals surface area contributed by atoms with E-state index in [4.69, 9.17) is 5.73 Å². The van der Waals surface area contributed by atoms with Crippen LogP contribution in [0.3, 0.4) is 0 Å². The first-order valence-electron chi connectivity index (χ1n) is 4.88. The van der Waals surface area contributed by atoms with Crippen molar-refractivity contribution in [3.63, 3.8) is 0 Å². The summed E-state index contributed by atoms with van der Waals surface area (Å²) in [7, 11) is 0. The van der Waals surface area contributed by atoms with E-state index < -0.39 is 0 Å². The molecular weight excluding hydrogens is 176 g/mol. The SMILES string of the molecule is CCCCNC(=O)c1ccccc1N. The van der Waals surface area contributed by atoms with Gasteiger partial charge in [0.1, 0.15) is 0 Å². The average Bonchev–Trinajstić information content (AvgIpc) is 2.18. The Morgan fingerprint density at radius 1 is 1.43 bits per heavy atom. The minimum Gasteiger partial charge on any atom is -0.398 e. The first-order valence-corrected chi connectivity index (χ1v) is 4.88. The lowest BCUT2D eigenvalue weighted by Gasteiger charge is -2.06. The summed E-state index contributed by atoms with van der Waals surface area (Å²) in [5, 5.41) is 2.82. The molecule has 1 amide bonds. The van der Waals surface area contributed by atoms with Crippen molar-refractivity contribution in [3.05, 3.63) is 29.8 Å². The van der Waals surface area contributed by atoms with Crippen LogP contribution in [0.4, 0.5) is 5.69 Å². The van der Waals surface area contributed by atoms with E-state index in [1.54, 1.807) is 12.1 Å². The molecule has 3 nitrogen and oxygen atoms in total. The number of nitrogens with one attached hydrogen (secondary N) is 1. The zero-order chi connectivity index (χ0) is 10.4. The molecule has 3 heteroatoms. The van der Waals surface area contributed by atoms with Crippen LogP contribution in [0.15, 0.2) is 24.3 Å². The van der Waals surface area contributed by atoms with Crippen LogP contribution in [0.5, 0.6) is 0 Å². The third-order valence-corrected chi connectivity index (χ3v) is 2.02. The third-order valence-electron chi connectivity index (χ3n) is 2.02. The fourth-order valence-corrected chi connectivity index (χ4v) is 1.18. The van der Waals surface area contributed by atoms with Gasteiger partial charge >= 0.3 is 0 Å². The van der Waals surface area contributed by atoms with Gasteiger partial charge in [-0.2, -0.15) is 0 Å². The second-order valence-electron chi connectivity index (χ2n) is 3.20. The number of unbranched alkanes of at least 4 members (excludes halogenated alkanes) is 1. The van der Waals surface area contributed by atoms with Gasteiger partial charge in [-0.15, -0.1) is 0 Å². The van der Waals surface area contributed by atoms with E-state index in [-0.39, 0.29) is 5.91 Å². The summed E-state index contributed by atoms with van der Waals surface area (Å²) in [5.41, 5.74) is 6.75. The first kappa shape index (κ1) is 10.6. The van der Waals surface area contributed by atoms with Crippen LogP contribution < -0.4 is 11.1 Å². The second kappa shape index (κ2) is 5.27. The molecule has 1 aromatic rings. The second-order valence-corrected chi connectivity index (χ2v) is 3.20. The van der Waals surface area contributed by atoms with Crippen molar-refractivity contribution in [2.45, 2.75) is 19.8 Å². The Balaban J connectivity index is 2.56. The fourth-order valence-electron chi connectivity index (χ4n) is 1.18. The Bertz CT molecular complexity index is 310. The topological polar surface area (TPSA) is 55.1 Å². The van der Waals surface area contributed by atoms with Crippen molar-refractivity contribution in [3.8, 4) is 0 Å². The van der Waals surface area contributed by atoms with E-state index in [2.05, 4.69) is 12.2 Å². The van der Waals surface area contributed by atoms with Gasteiger partial charge in [0, 0.05) is 12.2 Å². The molecule has 0 fully saturated rings. The van der Waals surface area contributed by atoms with Crippen molar-refractivity contribution in [2.75, 3.05) is 12.3 Å². The average molecular weight is 192 g/mol. The summed E-state index contributed by atoms with van der Waals surface area (Å²) < 4.78 is 0. The van der Waals surface area contributed by atoms with Gasteiger partial charge in [-0.05, 0) is 18.6 Å². The number of hydrogen-bond donors (Lipinski definition) is 2. The number of amides is 1. The molecule has 1 rings (SSSR count). The maximum absolute atomic E-state index is 11.5. The van der Waals surface area contributed by atoms with Gasteiger partial charge in [0.05, 0.1) is 5.56 Å². The highest BCUT2D eigenvalue weighted by Crippen LogP contribution is 2.09. The zero-order valence-electron chi connectivity index (χ0n) is 8.42. The maximum atomic E-state index is 11.5. The number of anilines is 1. The molecule has 0 aromatic heterocycles. The quantitative estimate of drug-likeness (QED) is 0.564. The molecule has 3 N–H and O–H groups in total. The first-order chi connectivity index (χ1) is 6.75. The number of hydrogen-bond acceptors (Lipinski definition) is 2. The number of benzene rings is 1. The monoisotopic (exact) mass is 192 g/mol. The van der Waals surface area contributed by atoms with Crippen LogP contribution in [0, 0.1) is 0 Å². The lowest BCUT2D eigenvalue weighted by molar-refractivity contribution is 0.0954. The molecule has 0 saturated carbocycles. The lowest BCUT2D eigenvalue weighted by atomic mass is 10.1. The van der Waals surface area contributed by atoms with E-state index >= 15 is 0 Å². The van der Waals surface area contributed by atoms with E-state index in [0.29, 0.717) is 17.8 Å². The molecule has 0 aliphatic carbocycles. The normalized spacial score (nSPS) is 9.79. The molecule has 0 aliphatic heterocycles. The molecule has 0 heterocycles. The Hall–Kier alpha value is -1.51. The molecule has 1 aromatic carbocycles. The molecule has 0 spiro atoms. The minimum atomic E-state index is -0.0865. The highest BCUT2D eigenvalue weighted by atomic mass is 16.1. The Labute approximate surface area is 84.3 Å². The van der Waals surface area contributed by atoms with Crippen LogP contribution >= 0.6 is 0 Å². The molecule has 76 valence electrons. The molecular formula is C11H16N2O. The van der Waals surface area contributed by atoms with Crippen LogP contribution in [0.25, 0.3) is 0 Å². The van der Waals surface area contributed by atoms with E-state index in [1.165, 1.54) is 0 Å². The number of carbonyl (C=O) groups excluding carboxylic acids is 1. The van der Waals surface area contributed by atoms with Gasteiger partial charge in [0.25, 0.3) is 5.91 Å². The highest BCUT2D eigenvalue weighted by molar-refractivity contribution is 5.98. The number of nitrogen functional groups attached to an aromatic ring is 1. The molecule has 0 atom stereocenters. The Morgan fingerprint density at radius 2 is 2.14 bits per heavy atom. The summed E-state index contributed by atoms with van der Waals surface area (Å²) in [4.78, 5) is 11.5. The molecule has 0 radical (unpaired) electrons. The van der Waals surface area contributed by atoms with Gasteiger partial charge in [-0.25, -0.2) is 0 Å². The van der Waals surface area contributed by atoms with Crippen LogP contribution in [-0.4, -0.2) is 12.5 Å². The molecule has 14 heavy (non-hydrogen) atoms. The van der Waals surface area contributed by atoms with Gasteiger partial charge in [0.15, 0.2) is 0 Å². The van der Waals surface area contributed by atoms with Crippen LogP contribution in [0.2, 0.25) is 0 Å². The summed E-state index contributed by atoms with van der Waals surface area (Å²) in [6.45, 7) is 2.80. The number of carbonyl (C=O) groups is 1. The number of nitrogens with two attached hydrogens (primary N) is 1. The summed E-state index contributed by atoms with van der Waals surface area (Å²) in [5.74, 6) is -0.0865. The molecule has 0 bridgehead atoms. The van der Waals surface area contributed by atoms with Crippen LogP contribution in [0.1, 0.15) is 30.1 Å². The molecule has 0 aliphatic rings. The summed E-state index contributed by atoms with van der Waals surface area (Å²) in [6, 6.07) is 7.09. The van der Waals surface area contributed by atoms with Gasteiger partial charge in [-0.1, -0.05) is 25.5 Å². The van der Waals surface area contributed by atoms with Crippen molar-refractivity contribution in [1.82, 2.24) is 5.32 Å². The van der Waals surface area contributed by atoms with Crippen LogP contribution in [-0.2, 0) is 0 Å². The summed E-state index contributed by atoms with van der Waals surface area (Å²) in [6.07, 6.45) is 2.07. The molecule has 0 saturated heterocycles. The number of para-hydroxylation sites is 1. The maximum Gasteiger partial charge on any atom is 0.253 e. The number of rotatable bonds is 4. The highest BCUT2D eigenvalue weighted by Gasteiger charge is 2.06. The molecule has 0 unspecified atom stereocenters. The Kier molecular flexibility index (Phi) is 3.98. The van der Waals surface area contributed by atoms with E-state index in [9.17, 15) is 4.79 Å². The summed E-state index contributed by atoms with van der Waals surface area (Å²) >= 11 is 0. The van der Waals surface area contributed by atoms with Crippen molar-refractivity contribution in [2.24, 2.45) is 0 Å². The standard InChI is InChI=1S/C11H16N2O/c1-2-3-8-13-11(14)9-6-4-5-7-10(9)12/h4-7H,2-3,8,12H2,1H3,(H,13,14). The van der Waals surface area contributed by atoms with Crippen molar-refractivity contribution in [1.29, 1.82) is 0 Å². The Morgan fingerprint density at radius 3 is 2.79 bits per heavy atom. The predicted octanol–water partition coefficient (Wildman–Crippen LogP) is 1.80. The van der Waals surface area contributed by atoms with Gasteiger partial charge < -0.3 is 11.1 Å². The van der Waals surface area contributed by atoms with Crippen molar-refractivity contribution < 1.29 is 4.79 Å². The van der Waals surface area contributed by atoms with Gasteiger partial charge in [-0.3, -0.25) is 4.79 Å². The third kappa shape index (κ3) is 2.76. The predicted molar refractivity (Wildman–Crippen MR) is 58.1 cm³/mol. The van der Waals surface area contributed by atoms with Gasteiger partial charge in [0.2, 0.25) is 0 Å². The van der Waals surface area contributed by atoms with E-state index in [1.807, 2.05) is 12.1 Å². The van der Waals surface area contributed by atoms with Crippen molar-refractivity contribution >= 4 is 11.6 Å². The fraction of sp³-hybridized carbons (Fsp3) is 0.364. The minimum absolute atomic E-state index is 0.0865. The lowest BCUT2D eigenvalue weighted by Crippen LogP contribution is -2.25. The zero-order valence-corrected chi connectivity index (χ0v) is 8.42. The smallest absolute Gasteiger partial charge is 0.253 e. The largest absolute Gasteiger partial charge is 0.398 e. The van der Waals surface area contributed by atoms with E-state index in [0.717, 1.165) is 12.8 Å².